The summed E-state index contributed by atoms with van der Waals surface area (Å²) in [5.41, 5.74) is 1.38. The lowest BCUT2D eigenvalue weighted by Gasteiger charge is -2.21. The Morgan fingerprint density at radius 3 is 2.96 bits per heavy atom. The van der Waals surface area contributed by atoms with Crippen molar-refractivity contribution in [2.75, 3.05) is 27.2 Å². The highest BCUT2D eigenvalue weighted by Gasteiger charge is 2.14. The van der Waals surface area contributed by atoms with Crippen LogP contribution in [0.5, 0.6) is 0 Å². The summed E-state index contributed by atoms with van der Waals surface area (Å²) >= 11 is 1.93. The Morgan fingerprint density at radius 1 is 1.39 bits per heavy atom. The Bertz CT molecular complexity index is 498. The molecule has 128 valence electrons. The van der Waals surface area contributed by atoms with Gasteiger partial charge in [0, 0.05) is 38.5 Å². The summed E-state index contributed by atoms with van der Waals surface area (Å²) in [6.45, 7) is 5.72. The van der Waals surface area contributed by atoms with E-state index in [2.05, 4.69) is 28.8 Å². The maximum atomic E-state index is 4.81. The number of fused-ring (bicyclic) bond motifs is 1. The molecule has 0 amide bonds. The lowest BCUT2D eigenvalue weighted by molar-refractivity contribution is 0.469. The minimum Gasteiger partial charge on any atom is -0.356 e. The van der Waals surface area contributed by atoms with Crippen molar-refractivity contribution in [1.29, 1.82) is 0 Å². The molecule has 4 nitrogen and oxygen atoms in total. The van der Waals surface area contributed by atoms with E-state index in [-0.39, 0.29) is 0 Å². The van der Waals surface area contributed by atoms with E-state index in [9.17, 15) is 0 Å². The highest BCUT2D eigenvalue weighted by molar-refractivity contribution is 7.11. The predicted molar refractivity (Wildman–Crippen MR) is 100 cm³/mol. The van der Waals surface area contributed by atoms with Gasteiger partial charge in [-0.3, -0.25) is 4.99 Å². The topological polar surface area (TPSA) is 40.5 Å². The molecule has 1 N–H and O–H groups in total. The van der Waals surface area contributed by atoms with Crippen LogP contribution in [0.1, 0.15) is 47.7 Å². The van der Waals surface area contributed by atoms with Gasteiger partial charge in [-0.1, -0.05) is 6.08 Å². The second-order valence-electron chi connectivity index (χ2n) is 6.11. The SMILES string of the molecule is C=CCCCN(C)C(=NC)NCCCc1nc2c(s1)CCCC2. The number of rotatable bonds is 8. The maximum Gasteiger partial charge on any atom is 0.193 e. The van der Waals surface area contributed by atoms with Crippen molar-refractivity contribution < 1.29 is 0 Å². The zero-order chi connectivity index (χ0) is 16.5. The van der Waals surface area contributed by atoms with Crippen LogP contribution >= 0.6 is 11.3 Å². The summed E-state index contributed by atoms with van der Waals surface area (Å²) in [5.74, 6) is 0.979. The first kappa shape index (κ1) is 18.0. The number of thiazole rings is 1. The van der Waals surface area contributed by atoms with Crippen LogP contribution in [-0.2, 0) is 19.3 Å². The molecule has 0 radical (unpaired) electrons. The molecular formula is C18H30N4S. The molecule has 0 spiro atoms. The number of aromatic nitrogens is 1. The van der Waals surface area contributed by atoms with E-state index in [1.165, 1.54) is 41.3 Å². The van der Waals surface area contributed by atoms with Gasteiger partial charge in [0.1, 0.15) is 0 Å². The van der Waals surface area contributed by atoms with Gasteiger partial charge < -0.3 is 10.2 Å². The van der Waals surface area contributed by atoms with Gasteiger partial charge in [-0.2, -0.15) is 0 Å². The van der Waals surface area contributed by atoms with Gasteiger partial charge in [-0.25, -0.2) is 4.98 Å². The largest absolute Gasteiger partial charge is 0.356 e. The third kappa shape index (κ3) is 5.65. The first-order valence-electron chi connectivity index (χ1n) is 8.74. The summed E-state index contributed by atoms with van der Waals surface area (Å²) in [4.78, 5) is 12.9. The number of nitrogens with one attached hydrogen (secondary N) is 1. The average molecular weight is 335 g/mol. The first-order chi connectivity index (χ1) is 11.2. The van der Waals surface area contributed by atoms with Crippen LogP contribution < -0.4 is 5.32 Å². The summed E-state index contributed by atoms with van der Waals surface area (Å²) in [6.07, 6.45) is 11.4. The van der Waals surface area contributed by atoms with Gasteiger partial charge in [0.15, 0.2) is 5.96 Å². The fourth-order valence-electron chi connectivity index (χ4n) is 2.92. The number of aliphatic imine (C=N–C) groups is 1. The number of aryl methyl sites for hydroxylation is 3. The van der Waals surface area contributed by atoms with Crippen LogP contribution in [0.15, 0.2) is 17.6 Å². The number of allylic oxidation sites excluding steroid dienone is 1. The van der Waals surface area contributed by atoms with Gasteiger partial charge in [-0.15, -0.1) is 17.9 Å². The molecule has 0 aliphatic heterocycles. The quantitative estimate of drug-likeness (QED) is 0.343. The molecule has 23 heavy (non-hydrogen) atoms. The van der Waals surface area contributed by atoms with Crippen LogP contribution in [0.2, 0.25) is 0 Å². The van der Waals surface area contributed by atoms with Crippen molar-refractivity contribution in [2.45, 2.75) is 51.4 Å². The Labute approximate surface area is 144 Å². The molecule has 2 rings (SSSR count). The highest BCUT2D eigenvalue weighted by atomic mass is 32.1. The second kappa shape index (κ2) is 9.71. The monoisotopic (exact) mass is 334 g/mol. The van der Waals surface area contributed by atoms with Crippen molar-refractivity contribution >= 4 is 17.3 Å². The van der Waals surface area contributed by atoms with E-state index in [0.29, 0.717) is 0 Å². The Balaban J connectivity index is 1.69. The molecule has 1 aromatic rings. The standard InChI is InChI=1S/C18H30N4S/c1-4-5-8-14-22(3)18(19-2)20-13-9-12-17-21-15-10-6-7-11-16(15)23-17/h4H,1,5-14H2,2-3H3,(H,19,20). The Kier molecular flexibility index (Phi) is 7.59. The molecule has 0 saturated carbocycles. The molecular weight excluding hydrogens is 304 g/mol. The number of nitrogens with zero attached hydrogens (tertiary/aromatic N) is 3. The fraction of sp³-hybridized carbons (Fsp3) is 0.667. The molecule has 0 saturated heterocycles. The molecule has 0 fully saturated rings. The number of guanidine groups is 1. The van der Waals surface area contributed by atoms with E-state index < -0.39 is 0 Å². The van der Waals surface area contributed by atoms with E-state index in [1.807, 2.05) is 24.5 Å². The number of hydrogen-bond acceptors (Lipinski definition) is 3. The summed E-state index contributed by atoms with van der Waals surface area (Å²) in [6, 6.07) is 0. The zero-order valence-corrected chi connectivity index (χ0v) is 15.4. The van der Waals surface area contributed by atoms with Crippen molar-refractivity contribution in [3.63, 3.8) is 0 Å². The van der Waals surface area contributed by atoms with Crippen LogP contribution in [0, 0.1) is 0 Å². The fourth-order valence-corrected chi connectivity index (χ4v) is 4.11. The molecule has 1 heterocycles. The Morgan fingerprint density at radius 2 is 2.22 bits per heavy atom. The zero-order valence-electron chi connectivity index (χ0n) is 14.6. The molecule has 1 aliphatic carbocycles. The van der Waals surface area contributed by atoms with Gasteiger partial charge in [0.05, 0.1) is 10.7 Å². The summed E-state index contributed by atoms with van der Waals surface area (Å²) < 4.78 is 0. The van der Waals surface area contributed by atoms with Gasteiger partial charge in [0.25, 0.3) is 0 Å². The highest BCUT2D eigenvalue weighted by Crippen LogP contribution is 2.27. The van der Waals surface area contributed by atoms with E-state index in [1.54, 1.807) is 0 Å². The lowest BCUT2D eigenvalue weighted by atomic mass is 10.0. The van der Waals surface area contributed by atoms with Crippen molar-refractivity contribution in [3.8, 4) is 0 Å². The van der Waals surface area contributed by atoms with Gasteiger partial charge >= 0.3 is 0 Å². The normalized spacial score (nSPS) is 14.4. The number of unbranched alkanes of at least 4 members (excludes halogenated alkanes) is 1. The average Bonchev–Trinajstić information content (AvgIpc) is 2.97. The van der Waals surface area contributed by atoms with E-state index >= 15 is 0 Å². The Hall–Kier alpha value is -1.36. The smallest absolute Gasteiger partial charge is 0.193 e. The second-order valence-corrected chi connectivity index (χ2v) is 7.28. The minimum atomic E-state index is 0.947. The van der Waals surface area contributed by atoms with Crippen LogP contribution in [0.3, 0.4) is 0 Å². The summed E-state index contributed by atoms with van der Waals surface area (Å²) in [5, 5.41) is 4.77. The third-order valence-electron chi connectivity index (χ3n) is 4.22. The molecule has 1 aliphatic rings. The number of hydrogen-bond donors (Lipinski definition) is 1. The van der Waals surface area contributed by atoms with Gasteiger partial charge in [-0.05, 0) is 44.9 Å². The lowest BCUT2D eigenvalue weighted by Crippen LogP contribution is -2.39. The molecule has 0 aromatic carbocycles. The van der Waals surface area contributed by atoms with Crippen molar-refractivity contribution in [2.24, 2.45) is 4.99 Å². The maximum absolute atomic E-state index is 4.81. The predicted octanol–water partition coefficient (Wildman–Crippen LogP) is 3.43. The van der Waals surface area contributed by atoms with Crippen molar-refractivity contribution in [1.82, 2.24) is 15.2 Å². The van der Waals surface area contributed by atoms with Crippen LogP contribution in [-0.4, -0.2) is 43.0 Å². The molecule has 0 unspecified atom stereocenters. The molecule has 5 heteroatoms. The van der Waals surface area contributed by atoms with Crippen LogP contribution in [0.4, 0.5) is 0 Å². The molecule has 0 bridgehead atoms. The van der Waals surface area contributed by atoms with Crippen LogP contribution in [0.25, 0.3) is 0 Å². The molecule has 1 aromatic heterocycles. The van der Waals surface area contributed by atoms with Crippen molar-refractivity contribution in [3.05, 3.63) is 28.2 Å². The minimum absolute atomic E-state index is 0.947. The van der Waals surface area contributed by atoms with E-state index in [0.717, 1.165) is 44.7 Å². The van der Waals surface area contributed by atoms with Gasteiger partial charge in [0.2, 0.25) is 0 Å². The summed E-state index contributed by atoms with van der Waals surface area (Å²) in [7, 11) is 3.94. The third-order valence-corrected chi connectivity index (χ3v) is 5.43. The first-order valence-corrected chi connectivity index (χ1v) is 9.56. The van der Waals surface area contributed by atoms with E-state index in [4.69, 9.17) is 4.98 Å². The molecule has 0 atom stereocenters.